The molecule has 0 saturated carbocycles. The normalized spacial score (nSPS) is 19.2. The van der Waals surface area contributed by atoms with Crippen LogP contribution < -0.4 is 4.74 Å². The molecule has 1 amide bonds. The number of hydrogen-bond acceptors (Lipinski definition) is 2. The first-order valence-electron chi connectivity index (χ1n) is 6.50. The van der Waals surface area contributed by atoms with E-state index in [-0.39, 0.29) is 11.7 Å². The highest BCUT2D eigenvalue weighted by molar-refractivity contribution is 9.09. The van der Waals surface area contributed by atoms with Crippen LogP contribution in [0.25, 0.3) is 0 Å². The van der Waals surface area contributed by atoms with Crippen LogP contribution in [0, 0.1) is 5.92 Å². The lowest BCUT2D eigenvalue weighted by molar-refractivity contribution is -0.0499. The van der Waals surface area contributed by atoms with Gasteiger partial charge in [0.25, 0.3) is 5.91 Å². The second-order valence-electron chi connectivity index (χ2n) is 4.82. The van der Waals surface area contributed by atoms with Crippen molar-refractivity contribution in [3.8, 4) is 5.75 Å². The summed E-state index contributed by atoms with van der Waals surface area (Å²) in [6.45, 7) is -1.47. The summed E-state index contributed by atoms with van der Waals surface area (Å²) in [6.07, 6.45) is 2.07. The van der Waals surface area contributed by atoms with E-state index in [0.717, 1.165) is 18.2 Å². The van der Waals surface area contributed by atoms with E-state index in [1.54, 1.807) is 17.0 Å². The van der Waals surface area contributed by atoms with Crippen LogP contribution in [0.4, 0.5) is 8.78 Å². The number of carbonyl (C=O) groups is 1. The lowest BCUT2D eigenvalue weighted by atomic mass is 9.99. The summed E-state index contributed by atoms with van der Waals surface area (Å²) < 4.78 is 28.7. The fourth-order valence-corrected chi connectivity index (χ4v) is 2.89. The highest BCUT2D eigenvalue weighted by atomic mass is 79.9. The molecule has 3 nitrogen and oxygen atoms in total. The maximum atomic E-state index is 12.4. The molecular weight excluding hydrogens is 332 g/mol. The van der Waals surface area contributed by atoms with Crippen LogP contribution in [-0.2, 0) is 0 Å². The standard InChI is InChI=1S/C14H16BrF2NO2/c15-8-10-3-2-6-18(9-10)13(19)11-4-1-5-12(7-11)20-14(16)17/h1,4-5,7,10,14H,2-3,6,8-9H2. The molecule has 0 bridgehead atoms. The van der Waals surface area contributed by atoms with E-state index in [9.17, 15) is 13.6 Å². The molecule has 1 heterocycles. The van der Waals surface area contributed by atoms with Crippen molar-refractivity contribution in [3.05, 3.63) is 29.8 Å². The maximum Gasteiger partial charge on any atom is 0.387 e. The number of piperidine rings is 1. The minimum Gasteiger partial charge on any atom is -0.435 e. The molecule has 1 atom stereocenters. The van der Waals surface area contributed by atoms with E-state index in [0.29, 0.717) is 24.6 Å². The summed E-state index contributed by atoms with van der Waals surface area (Å²) >= 11 is 3.44. The van der Waals surface area contributed by atoms with Crippen LogP contribution in [0.15, 0.2) is 24.3 Å². The predicted molar refractivity (Wildman–Crippen MR) is 75.5 cm³/mol. The highest BCUT2D eigenvalue weighted by Gasteiger charge is 2.24. The Balaban J connectivity index is 2.08. The van der Waals surface area contributed by atoms with Crippen LogP contribution in [0.2, 0.25) is 0 Å². The van der Waals surface area contributed by atoms with Crippen LogP contribution in [0.1, 0.15) is 23.2 Å². The molecule has 0 aliphatic carbocycles. The fourth-order valence-electron chi connectivity index (χ4n) is 2.36. The first kappa shape index (κ1) is 15.2. The smallest absolute Gasteiger partial charge is 0.387 e. The third-order valence-corrected chi connectivity index (χ3v) is 4.25. The third-order valence-electron chi connectivity index (χ3n) is 3.33. The monoisotopic (exact) mass is 347 g/mol. The predicted octanol–water partition coefficient (Wildman–Crippen LogP) is 3.54. The number of likely N-dealkylation sites (tertiary alicyclic amines) is 1. The molecule has 0 spiro atoms. The van der Waals surface area contributed by atoms with E-state index in [4.69, 9.17) is 0 Å². The number of nitrogens with zero attached hydrogens (tertiary/aromatic N) is 1. The number of halogens is 3. The molecule has 20 heavy (non-hydrogen) atoms. The molecule has 0 N–H and O–H groups in total. The molecule has 1 fully saturated rings. The maximum absolute atomic E-state index is 12.4. The second-order valence-corrected chi connectivity index (χ2v) is 5.47. The van der Waals surface area contributed by atoms with Gasteiger partial charge in [-0.2, -0.15) is 8.78 Å². The van der Waals surface area contributed by atoms with E-state index in [2.05, 4.69) is 20.7 Å². The number of amides is 1. The van der Waals surface area contributed by atoms with Crippen molar-refractivity contribution in [2.24, 2.45) is 5.92 Å². The number of benzene rings is 1. The van der Waals surface area contributed by atoms with Crippen molar-refractivity contribution in [1.82, 2.24) is 4.90 Å². The zero-order valence-corrected chi connectivity index (χ0v) is 12.5. The van der Waals surface area contributed by atoms with Crippen LogP contribution in [0.3, 0.4) is 0 Å². The minimum atomic E-state index is -2.88. The van der Waals surface area contributed by atoms with Crippen LogP contribution in [0.5, 0.6) is 5.75 Å². The van der Waals surface area contributed by atoms with Crippen molar-refractivity contribution in [2.75, 3.05) is 18.4 Å². The van der Waals surface area contributed by atoms with Gasteiger partial charge in [0.1, 0.15) is 5.75 Å². The summed E-state index contributed by atoms with van der Waals surface area (Å²) in [5.74, 6) is 0.337. The quantitative estimate of drug-likeness (QED) is 0.779. The molecule has 1 aliphatic rings. The van der Waals surface area contributed by atoms with Gasteiger partial charge in [0.15, 0.2) is 0 Å². The molecule has 1 aromatic rings. The molecule has 1 saturated heterocycles. The van der Waals surface area contributed by atoms with Gasteiger partial charge in [-0.05, 0) is 37.0 Å². The van der Waals surface area contributed by atoms with Gasteiger partial charge in [-0.1, -0.05) is 22.0 Å². The Hall–Kier alpha value is -1.17. The van der Waals surface area contributed by atoms with Gasteiger partial charge in [-0.25, -0.2) is 0 Å². The number of hydrogen-bond donors (Lipinski definition) is 0. The van der Waals surface area contributed by atoms with Crippen LogP contribution in [-0.4, -0.2) is 35.8 Å². The first-order valence-corrected chi connectivity index (χ1v) is 7.62. The Kier molecular flexibility index (Phi) is 5.34. The molecule has 0 aromatic heterocycles. The molecule has 1 unspecified atom stereocenters. The molecule has 2 rings (SSSR count). The second kappa shape index (κ2) is 7.02. The summed E-state index contributed by atoms with van der Waals surface area (Å²) in [7, 11) is 0. The largest absolute Gasteiger partial charge is 0.435 e. The average molecular weight is 348 g/mol. The summed E-state index contributed by atoms with van der Waals surface area (Å²) in [5.41, 5.74) is 0.387. The lowest BCUT2D eigenvalue weighted by Crippen LogP contribution is -2.40. The van der Waals surface area contributed by atoms with Gasteiger partial charge in [-0.15, -0.1) is 0 Å². The van der Waals surface area contributed by atoms with E-state index in [1.165, 1.54) is 12.1 Å². The molecular formula is C14H16BrF2NO2. The topological polar surface area (TPSA) is 29.5 Å². The number of alkyl halides is 3. The molecule has 110 valence electrons. The van der Waals surface area contributed by atoms with Gasteiger partial charge in [-0.3, -0.25) is 4.79 Å². The highest BCUT2D eigenvalue weighted by Crippen LogP contribution is 2.22. The number of ether oxygens (including phenoxy) is 1. The first-order chi connectivity index (χ1) is 9.60. The summed E-state index contributed by atoms with van der Waals surface area (Å²) in [5, 5.41) is 0.866. The number of rotatable bonds is 4. The van der Waals surface area contributed by atoms with E-state index < -0.39 is 6.61 Å². The molecule has 0 radical (unpaired) electrons. The third kappa shape index (κ3) is 3.91. The van der Waals surface area contributed by atoms with Crippen molar-refractivity contribution < 1.29 is 18.3 Å². The molecule has 6 heteroatoms. The summed E-state index contributed by atoms with van der Waals surface area (Å²) in [4.78, 5) is 14.1. The Morgan fingerprint density at radius 2 is 2.30 bits per heavy atom. The van der Waals surface area contributed by atoms with Crippen molar-refractivity contribution in [1.29, 1.82) is 0 Å². The fraction of sp³-hybridized carbons (Fsp3) is 0.500. The lowest BCUT2D eigenvalue weighted by Gasteiger charge is -2.32. The van der Waals surface area contributed by atoms with Crippen molar-refractivity contribution in [2.45, 2.75) is 19.5 Å². The van der Waals surface area contributed by atoms with Gasteiger partial charge < -0.3 is 9.64 Å². The molecule has 1 aromatic carbocycles. The average Bonchev–Trinajstić information content (AvgIpc) is 2.46. The van der Waals surface area contributed by atoms with E-state index >= 15 is 0 Å². The minimum absolute atomic E-state index is 0.0138. The Morgan fingerprint density at radius 1 is 1.50 bits per heavy atom. The Labute approximate surface area is 125 Å². The van der Waals surface area contributed by atoms with Gasteiger partial charge >= 0.3 is 6.61 Å². The van der Waals surface area contributed by atoms with Gasteiger partial charge in [0, 0.05) is 24.0 Å². The van der Waals surface area contributed by atoms with E-state index in [1.807, 2.05) is 0 Å². The zero-order chi connectivity index (χ0) is 14.5. The van der Waals surface area contributed by atoms with Crippen molar-refractivity contribution in [3.63, 3.8) is 0 Å². The van der Waals surface area contributed by atoms with Crippen molar-refractivity contribution >= 4 is 21.8 Å². The van der Waals surface area contributed by atoms with Gasteiger partial charge in [0.2, 0.25) is 0 Å². The Morgan fingerprint density at radius 3 is 3.00 bits per heavy atom. The van der Waals surface area contributed by atoms with Crippen LogP contribution >= 0.6 is 15.9 Å². The Bertz CT molecular complexity index is 470. The summed E-state index contributed by atoms with van der Waals surface area (Å²) in [6, 6.07) is 5.96. The van der Waals surface area contributed by atoms with Gasteiger partial charge in [0.05, 0.1) is 0 Å². The SMILES string of the molecule is O=C(c1cccc(OC(F)F)c1)N1CCCC(CBr)C1. The molecule has 1 aliphatic heterocycles. The number of carbonyl (C=O) groups excluding carboxylic acids is 1. The zero-order valence-electron chi connectivity index (χ0n) is 10.9.